The third kappa shape index (κ3) is 1.52. The Morgan fingerprint density at radius 2 is 2.00 bits per heavy atom. The number of nitrogens with one attached hydrogen (secondary N) is 1. The third-order valence-electron chi connectivity index (χ3n) is 1.67. The maximum Gasteiger partial charge on any atom is 0.145 e. The smallest absolute Gasteiger partial charge is 0.145 e. The molecule has 0 saturated carbocycles. The molecule has 0 aromatic carbocycles. The van der Waals surface area contributed by atoms with E-state index in [1.54, 1.807) is 12.4 Å². The molecule has 2 rings (SSSR count). The minimum Gasteiger partial charge on any atom is -0.318 e. The summed E-state index contributed by atoms with van der Waals surface area (Å²) in [6, 6.07) is -0.344. The van der Waals surface area contributed by atoms with E-state index in [9.17, 15) is 0 Å². The van der Waals surface area contributed by atoms with Gasteiger partial charge in [-0.25, -0.2) is 15.0 Å². The molecule has 1 atom stereocenters. The van der Waals surface area contributed by atoms with Gasteiger partial charge < -0.3 is 5.73 Å². The van der Waals surface area contributed by atoms with E-state index in [0.717, 1.165) is 5.56 Å². The first-order chi connectivity index (χ1) is 6.38. The van der Waals surface area contributed by atoms with E-state index in [-0.39, 0.29) is 6.04 Å². The lowest BCUT2D eigenvalue weighted by atomic mass is 10.1. The fourth-order valence-electron chi connectivity index (χ4n) is 0.994. The maximum absolute atomic E-state index is 5.85. The van der Waals surface area contributed by atoms with Crippen LogP contribution in [0.1, 0.15) is 17.4 Å². The summed E-state index contributed by atoms with van der Waals surface area (Å²) in [4.78, 5) is 11.7. The average Bonchev–Trinajstić information content (AvgIpc) is 2.71. The van der Waals surface area contributed by atoms with Gasteiger partial charge in [-0.2, -0.15) is 5.10 Å². The Balaban J connectivity index is 2.29. The number of rotatable bonds is 2. The Labute approximate surface area is 74.2 Å². The summed E-state index contributed by atoms with van der Waals surface area (Å²) in [5.41, 5.74) is 6.65. The normalized spacial score (nSPS) is 12.7. The van der Waals surface area contributed by atoms with Gasteiger partial charge >= 0.3 is 0 Å². The van der Waals surface area contributed by atoms with E-state index in [0.29, 0.717) is 5.82 Å². The summed E-state index contributed by atoms with van der Waals surface area (Å²) in [7, 11) is 0. The number of H-pyrrole nitrogens is 1. The zero-order valence-corrected chi connectivity index (χ0v) is 6.75. The van der Waals surface area contributed by atoms with Gasteiger partial charge in [-0.15, -0.1) is 0 Å². The molecule has 2 aromatic heterocycles. The van der Waals surface area contributed by atoms with Crippen molar-refractivity contribution >= 4 is 0 Å². The first kappa shape index (κ1) is 7.81. The molecule has 2 aromatic rings. The zero-order chi connectivity index (χ0) is 9.10. The summed E-state index contributed by atoms with van der Waals surface area (Å²) in [5, 5.41) is 6.41. The van der Waals surface area contributed by atoms with Crippen molar-refractivity contribution in [1.29, 1.82) is 0 Å². The fourth-order valence-corrected chi connectivity index (χ4v) is 0.994. The van der Waals surface area contributed by atoms with Crippen LogP contribution in [-0.4, -0.2) is 25.1 Å². The van der Waals surface area contributed by atoms with Crippen molar-refractivity contribution in [2.45, 2.75) is 6.04 Å². The van der Waals surface area contributed by atoms with Crippen molar-refractivity contribution in [2.24, 2.45) is 5.73 Å². The molecule has 1 unspecified atom stereocenters. The lowest BCUT2D eigenvalue weighted by Gasteiger charge is -2.05. The predicted octanol–water partition coefficient (Wildman–Crippen LogP) is -0.357. The Bertz CT molecular complexity index is 356. The van der Waals surface area contributed by atoms with E-state index in [4.69, 9.17) is 5.73 Å². The quantitative estimate of drug-likeness (QED) is 0.651. The van der Waals surface area contributed by atoms with Crippen LogP contribution in [0.5, 0.6) is 0 Å². The van der Waals surface area contributed by atoms with Crippen LogP contribution in [0.25, 0.3) is 0 Å². The highest BCUT2D eigenvalue weighted by molar-refractivity contribution is 5.16. The molecule has 6 heteroatoms. The topological polar surface area (TPSA) is 93.4 Å². The second kappa shape index (κ2) is 3.28. The number of aromatic amines is 1. The third-order valence-corrected chi connectivity index (χ3v) is 1.67. The average molecular weight is 176 g/mol. The van der Waals surface area contributed by atoms with Gasteiger partial charge in [-0.05, 0) is 0 Å². The van der Waals surface area contributed by atoms with Crippen LogP contribution in [0, 0.1) is 0 Å². The van der Waals surface area contributed by atoms with Gasteiger partial charge in [0.05, 0.1) is 6.04 Å². The first-order valence-corrected chi connectivity index (χ1v) is 3.73. The minimum absolute atomic E-state index is 0.344. The Kier molecular flexibility index (Phi) is 1.97. The number of hydrogen-bond acceptors (Lipinski definition) is 5. The Hall–Kier alpha value is -1.82. The summed E-state index contributed by atoms with van der Waals surface area (Å²) < 4.78 is 0. The van der Waals surface area contributed by atoms with E-state index in [1.807, 2.05) is 0 Å². The van der Waals surface area contributed by atoms with Gasteiger partial charge in [-0.1, -0.05) is 0 Å². The van der Waals surface area contributed by atoms with Gasteiger partial charge in [-0.3, -0.25) is 5.10 Å². The highest BCUT2D eigenvalue weighted by Crippen LogP contribution is 2.11. The van der Waals surface area contributed by atoms with Crippen LogP contribution >= 0.6 is 0 Å². The molecule has 0 radical (unpaired) electrons. The van der Waals surface area contributed by atoms with Crippen LogP contribution in [0.3, 0.4) is 0 Å². The van der Waals surface area contributed by atoms with Crippen LogP contribution < -0.4 is 5.73 Å². The summed E-state index contributed by atoms with van der Waals surface area (Å²) in [5.74, 6) is 0.606. The van der Waals surface area contributed by atoms with E-state index in [2.05, 4.69) is 25.1 Å². The predicted molar refractivity (Wildman–Crippen MR) is 44.4 cm³/mol. The minimum atomic E-state index is -0.344. The zero-order valence-electron chi connectivity index (χ0n) is 6.75. The molecule has 0 aliphatic rings. The molecule has 0 bridgehead atoms. The van der Waals surface area contributed by atoms with E-state index < -0.39 is 0 Å². The summed E-state index contributed by atoms with van der Waals surface area (Å²) in [6.45, 7) is 0. The van der Waals surface area contributed by atoms with Crippen molar-refractivity contribution in [2.75, 3.05) is 0 Å². The largest absolute Gasteiger partial charge is 0.318 e. The fraction of sp³-hybridized carbons (Fsp3) is 0.143. The van der Waals surface area contributed by atoms with Crippen molar-refractivity contribution in [1.82, 2.24) is 25.1 Å². The molecule has 0 amide bonds. The van der Waals surface area contributed by atoms with Crippen LogP contribution in [0.2, 0.25) is 0 Å². The SMILES string of the molecule is NC(c1cncnc1)c1ncn[nH]1. The molecule has 0 saturated heterocycles. The number of nitrogens with two attached hydrogens (primary N) is 1. The first-order valence-electron chi connectivity index (χ1n) is 3.73. The van der Waals surface area contributed by atoms with Crippen molar-refractivity contribution in [3.63, 3.8) is 0 Å². The second-order valence-electron chi connectivity index (χ2n) is 2.52. The molecule has 13 heavy (non-hydrogen) atoms. The summed E-state index contributed by atoms with van der Waals surface area (Å²) in [6.07, 6.45) is 6.18. The molecule has 0 spiro atoms. The van der Waals surface area contributed by atoms with Crippen molar-refractivity contribution < 1.29 is 0 Å². The molecule has 66 valence electrons. The van der Waals surface area contributed by atoms with Crippen LogP contribution in [-0.2, 0) is 0 Å². The molecular formula is C7H8N6. The molecule has 0 fully saturated rings. The van der Waals surface area contributed by atoms with Gasteiger partial charge in [0, 0.05) is 18.0 Å². The molecule has 6 nitrogen and oxygen atoms in total. The molecule has 0 aliphatic heterocycles. The van der Waals surface area contributed by atoms with Crippen LogP contribution in [0.15, 0.2) is 25.0 Å². The summed E-state index contributed by atoms with van der Waals surface area (Å²) >= 11 is 0. The lowest BCUT2D eigenvalue weighted by Crippen LogP contribution is -2.14. The number of nitrogens with zero attached hydrogens (tertiary/aromatic N) is 4. The Morgan fingerprint density at radius 3 is 2.62 bits per heavy atom. The van der Waals surface area contributed by atoms with E-state index in [1.165, 1.54) is 12.7 Å². The molecule has 0 aliphatic carbocycles. The molecule has 2 heterocycles. The number of hydrogen-bond donors (Lipinski definition) is 2. The van der Waals surface area contributed by atoms with Gasteiger partial charge in [0.15, 0.2) is 0 Å². The second-order valence-corrected chi connectivity index (χ2v) is 2.52. The van der Waals surface area contributed by atoms with Crippen molar-refractivity contribution in [3.05, 3.63) is 36.4 Å². The standard InChI is InChI=1S/C7H8N6/c8-6(7-11-4-12-13-7)5-1-9-3-10-2-5/h1-4,6H,8H2,(H,11,12,13). The van der Waals surface area contributed by atoms with Gasteiger partial charge in [0.1, 0.15) is 18.5 Å². The van der Waals surface area contributed by atoms with E-state index >= 15 is 0 Å². The van der Waals surface area contributed by atoms with Gasteiger partial charge in [0.25, 0.3) is 0 Å². The highest BCUT2D eigenvalue weighted by Gasteiger charge is 2.11. The van der Waals surface area contributed by atoms with Gasteiger partial charge in [0.2, 0.25) is 0 Å². The van der Waals surface area contributed by atoms with Crippen molar-refractivity contribution in [3.8, 4) is 0 Å². The number of aromatic nitrogens is 5. The molecular weight excluding hydrogens is 168 g/mol. The highest BCUT2D eigenvalue weighted by atomic mass is 15.2. The Morgan fingerprint density at radius 1 is 1.23 bits per heavy atom. The van der Waals surface area contributed by atoms with Crippen LogP contribution in [0.4, 0.5) is 0 Å². The lowest BCUT2D eigenvalue weighted by molar-refractivity contribution is 0.776. The monoisotopic (exact) mass is 176 g/mol. The maximum atomic E-state index is 5.85. The molecule has 3 N–H and O–H groups in total.